The fraction of sp³-hybridized carbons (Fsp3) is 0.538. The van der Waals surface area contributed by atoms with Crippen LogP contribution in [0.3, 0.4) is 0 Å². The van der Waals surface area contributed by atoms with Crippen LogP contribution in [-0.4, -0.2) is 23.5 Å². The summed E-state index contributed by atoms with van der Waals surface area (Å²) in [4.78, 5) is 2.14. The maximum absolute atomic E-state index is 12.4. The molecule has 0 unspecified atom stereocenters. The molecule has 1 fully saturated rings. The third-order valence-electron chi connectivity index (χ3n) is 3.47. The van der Waals surface area contributed by atoms with Gasteiger partial charge in [-0.15, -0.1) is 0 Å². The number of halogens is 3. The van der Waals surface area contributed by atoms with E-state index in [0.717, 1.165) is 37.2 Å². The Morgan fingerprint density at radius 3 is 2.22 bits per heavy atom. The first kappa shape index (κ1) is 13.4. The summed E-state index contributed by atoms with van der Waals surface area (Å²) in [5.74, 6) is 0. The van der Waals surface area contributed by atoms with Gasteiger partial charge in [-0.3, -0.25) is 4.90 Å². The second kappa shape index (κ2) is 4.55. The average molecular weight is 258 g/mol. The van der Waals surface area contributed by atoms with Gasteiger partial charge in [0.15, 0.2) is 0 Å². The molecule has 1 aliphatic heterocycles. The van der Waals surface area contributed by atoms with Crippen molar-refractivity contribution in [3.8, 4) is 0 Å². The van der Waals surface area contributed by atoms with Gasteiger partial charge >= 0.3 is 6.18 Å². The predicted molar refractivity (Wildman–Crippen MR) is 63.9 cm³/mol. The summed E-state index contributed by atoms with van der Waals surface area (Å²) in [6.07, 6.45) is -3.33. The number of nitrogens with two attached hydrogens (primary N) is 1. The topological polar surface area (TPSA) is 29.3 Å². The molecule has 1 aliphatic rings. The molecule has 0 aromatic heterocycles. The van der Waals surface area contributed by atoms with E-state index in [1.54, 1.807) is 0 Å². The molecule has 0 aliphatic carbocycles. The molecule has 1 aromatic rings. The molecule has 5 heteroatoms. The summed E-state index contributed by atoms with van der Waals surface area (Å²) in [7, 11) is 0. The quantitative estimate of drug-likeness (QED) is 0.903. The number of hydrogen-bond acceptors (Lipinski definition) is 2. The number of rotatable bonds is 3. The largest absolute Gasteiger partial charge is 0.416 e. The van der Waals surface area contributed by atoms with Crippen molar-refractivity contribution in [3.63, 3.8) is 0 Å². The Morgan fingerprint density at radius 2 is 1.78 bits per heavy atom. The van der Waals surface area contributed by atoms with Gasteiger partial charge in [-0.2, -0.15) is 13.2 Å². The van der Waals surface area contributed by atoms with Crippen LogP contribution in [0.5, 0.6) is 0 Å². The van der Waals surface area contributed by atoms with Gasteiger partial charge in [0.05, 0.1) is 5.56 Å². The summed E-state index contributed by atoms with van der Waals surface area (Å²) in [5, 5.41) is 0. The van der Waals surface area contributed by atoms with Crippen molar-refractivity contribution in [1.82, 2.24) is 4.90 Å². The van der Waals surface area contributed by atoms with Crippen molar-refractivity contribution >= 4 is 0 Å². The molecular formula is C13H17F3N2. The molecule has 1 aromatic carbocycles. The molecule has 2 rings (SSSR count). The SMILES string of the molecule is CCC1(N)CN(Cc2ccc(C(F)(F)F)cc2)C1. The van der Waals surface area contributed by atoms with Crippen LogP contribution in [0.15, 0.2) is 24.3 Å². The molecule has 0 atom stereocenters. The van der Waals surface area contributed by atoms with Crippen molar-refractivity contribution in [1.29, 1.82) is 0 Å². The second-order valence-corrected chi connectivity index (χ2v) is 5.06. The van der Waals surface area contributed by atoms with Crippen LogP contribution < -0.4 is 5.73 Å². The van der Waals surface area contributed by atoms with Gasteiger partial charge in [-0.05, 0) is 24.1 Å². The van der Waals surface area contributed by atoms with Crippen molar-refractivity contribution in [2.45, 2.75) is 31.6 Å². The van der Waals surface area contributed by atoms with E-state index in [-0.39, 0.29) is 5.54 Å². The summed E-state index contributed by atoms with van der Waals surface area (Å²) in [5.41, 5.74) is 6.22. The summed E-state index contributed by atoms with van der Waals surface area (Å²) in [6, 6.07) is 5.33. The molecule has 1 saturated heterocycles. The van der Waals surface area contributed by atoms with Crippen LogP contribution in [0.1, 0.15) is 24.5 Å². The Kier molecular flexibility index (Phi) is 3.38. The lowest BCUT2D eigenvalue weighted by atomic mass is 9.88. The van der Waals surface area contributed by atoms with Gasteiger partial charge in [0.2, 0.25) is 0 Å². The fourth-order valence-corrected chi connectivity index (χ4v) is 2.24. The Morgan fingerprint density at radius 1 is 1.22 bits per heavy atom. The molecule has 18 heavy (non-hydrogen) atoms. The number of nitrogens with zero attached hydrogens (tertiary/aromatic N) is 1. The van der Waals surface area contributed by atoms with Crippen molar-refractivity contribution in [3.05, 3.63) is 35.4 Å². The Hall–Kier alpha value is -1.07. The third-order valence-corrected chi connectivity index (χ3v) is 3.47. The molecule has 100 valence electrons. The highest BCUT2D eigenvalue weighted by Crippen LogP contribution is 2.30. The van der Waals surface area contributed by atoms with E-state index in [1.807, 2.05) is 0 Å². The molecular weight excluding hydrogens is 241 g/mol. The van der Waals surface area contributed by atoms with Crippen LogP contribution in [0.25, 0.3) is 0 Å². The van der Waals surface area contributed by atoms with E-state index in [9.17, 15) is 13.2 Å². The first-order valence-corrected chi connectivity index (χ1v) is 6.00. The zero-order valence-electron chi connectivity index (χ0n) is 10.3. The zero-order valence-corrected chi connectivity index (χ0v) is 10.3. The molecule has 2 nitrogen and oxygen atoms in total. The van der Waals surface area contributed by atoms with E-state index >= 15 is 0 Å². The first-order valence-electron chi connectivity index (χ1n) is 6.00. The molecule has 1 heterocycles. The monoisotopic (exact) mass is 258 g/mol. The van der Waals surface area contributed by atoms with E-state index < -0.39 is 11.7 Å². The fourth-order valence-electron chi connectivity index (χ4n) is 2.24. The lowest BCUT2D eigenvalue weighted by molar-refractivity contribution is -0.137. The highest BCUT2D eigenvalue weighted by molar-refractivity contribution is 5.25. The summed E-state index contributed by atoms with van der Waals surface area (Å²) < 4.78 is 37.1. The van der Waals surface area contributed by atoms with Gasteiger partial charge in [0, 0.05) is 25.2 Å². The molecule has 2 N–H and O–H groups in total. The van der Waals surface area contributed by atoms with Crippen LogP contribution in [0, 0.1) is 0 Å². The lowest BCUT2D eigenvalue weighted by Gasteiger charge is -2.47. The van der Waals surface area contributed by atoms with Crippen LogP contribution in [0.2, 0.25) is 0 Å². The Labute approximate surface area is 105 Å². The van der Waals surface area contributed by atoms with E-state index in [4.69, 9.17) is 5.73 Å². The molecule has 0 bridgehead atoms. The number of alkyl halides is 3. The Bertz CT molecular complexity index is 405. The van der Waals surface area contributed by atoms with Crippen molar-refractivity contribution in [2.75, 3.05) is 13.1 Å². The van der Waals surface area contributed by atoms with Crippen LogP contribution >= 0.6 is 0 Å². The molecule has 0 saturated carbocycles. The van der Waals surface area contributed by atoms with Gasteiger partial charge < -0.3 is 5.73 Å². The lowest BCUT2D eigenvalue weighted by Crippen LogP contribution is -2.66. The molecule has 0 amide bonds. The first-order chi connectivity index (χ1) is 8.32. The zero-order chi connectivity index (χ0) is 13.4. The van der Waals surface area contributed by atoms with E-state index in [1.165, 1.54) is 12.1 Å². The molecule has 0 spiro atoms. The predicted octanol–water partition coefficient (Wildman–Crippen LogP) is 2.63. The van der Waals surface area contributed by atoms with Gasteiger partial charge in [-0.1, -0.05) is 19.1 Å². The second-order valence-electron chi connectivity index (χ2n) is 5.06. The Balaban J connectivity index is 1.92. The minimum absolute atomic E-state index is 0.105. The van der Waals surface area contributed by atoms with Crippen LogP contribution in [-0.2, 0) is 12.7 Å². The minimum atomic E-state index is -4.26. The van der Waals surface area contributed by atoms with Crippen molar-refractivity contribution < 1.29 is 13.2 Å². The standard InChI is InChI=1S/C13H17F3N2/c1-2-12(17)8-18(9-12)7-10-3-5-11(6-4-10)13(14,15)16/h3-6H,2,7-9,17H2,1H3. The normalized spacial score (nSPS) is 19.6. The van der Waals surface area contributed by atoms with E-state index in [0.29, 0.717) is 6.54 Å². The van der Waals surface area contributed by atoms with Gasteiger partial charge in [0.1, 0.15) is 0 Å². The maximum Gasteiger partial charge on any atom is 0.416 e. The average Bonchev–Trinajstić information content (AvgIpc) is 2.26. The van der Waals surface area contributed by atoms with Gasteiger partial charge in [0.25, 0.3) is 0 Å². The minimum Gasteiger partial charge on any atom is -0.323 e. The smallest absolute Gasteiger partial charge is 0.323 e. The van der Waals surface area contributed by atoms with Crippen molar-refractivity contribution in [2.24, 2.45) is 5.73 Å². The van der Waals surface area contributed by atoms with E-state index in [2.05, 4.69) is 11.8 Å². The summed E-state index contributed by atoms with van der Waals surface area (Å²) in [6.45, 7) is 4.33. The summed E-state index contributed by atoms with van der Waals surface area (Å²) >= 11 is 0. The number of benzene rings is 1. The molecule has 0 radical (unpaired) electrons. The number of hydrogen-bond donors (Lipinski definition) is 1. The third kappa shape index (κ3) is 2.84. The highest BCUT2D eigenvalue weighted by Gasteiger charge is 2.37. The number of likely N-dealkylation sites (tertiary alicyclic amines) is 1. The van der Waals surface area contributed by atoms with Crippen LogP contribution in [0.4, 0.5) is 13.2 Å². The highest BCUT2D eigenvalue weighted by atomic mass is 19.4. The van der Waals surface area contributed by atoms with Gasteiger partial charge in [-0.25, -0.2) is 0 Å². The maximum atomic E-state index is 12.4.